The molecule has 0 saturated heterocycles. The number of benzene rings is 2. The van der Waals surface area contributed by atoms with Crippen molar-refractivity contribution in [2.45, 2.75) is 38.6 Å². The summed E-state index contributed by atoms with van der Waals surface area (Å²) in [6.45, 7) is 1.90. The second-order valence-corrected chi connectivity index (χ2v) is 6.98. The Balaban J connectivity index is 1.29. The van der Waals surface area contributed by atoms with Crippen LogP contribution in [0.3, 0.4) is 0 Å². The highest BCUT2D eigenvalue weighted by molar-refractivity contribution is 5.64. The number of pyridine rings is 1. The third-order valence-electron chi connectivity index (χ3n) is 4.88. The summed E-state index contributed by atoms with van der Waals surface area (Å²) in [5.74, 6) is 1.82. The number of aromatic nitrogens is 1. The van der Waals surface area contributed by atoms with Gasteiger partial charge in [0.05, 0.1) is 13.7 Å². The highest BCUT2D eigenvalue weighted by Gasteiger charge is 2.01. The van der Waals surface area contributed by atoms with E-state index in [0.29, 0.717) is 0 Å². The van der Waals surface area contributed by atoms with Gasteiger partial charge in [0.15, 0.2) is 12.4 Å². The molecule has 0 spiro atoms. The predicted molar refractivity (Wildman–Crippen MR) is 114 cm³/mol. The quantitative estimate of drug-likeness (QED) is 0.317. The number of nitrogens with zero attached hydrogens (tertiary/aromatic N) is 1. The van der Waals surface area contributed by atoms with E-state index < -0.39 is 0 Å². The number of rotatable bonds is 11. The Bertz CT molecular complexity index is 798. The second-order valence-electron chi connectivity index (χ2n) is 6.98. The van der Waals surface area contributed by atoms with Crippen molar-refractivity contribution in [2.24, 2.45) is 0 Å². The van der Waals surface area contributed by atoms with Crippen molar-refractivity contribution in [3.8, 4) is 22.6 Å². The zero-order chi connectivity index (χ0) is 19.4. The molecule has 0 aliphatic heterocycles. The van der Waals surface area contributed by atoms with Gasteiger partial charge in [-0.25, -0.2) is 4.57 Å². The average molecular weight is 377 g/mol. The molecule has 0 aliphatic carbocycles. The van der Waals surface area contributed by atoms with E-state index in [1.165, 1.54) is 36.8 Å². The van der Waals surface area contributed by atoms with E-state index >= 15 is 0 Å². The van der Waals surface area contributed by atoms with Gasteiger partial charge in [-0.3, -0.25) is 0 Å². The molecule has 3 rings (SSSR count). The number of hydrogen-bond acceptors (Lipinski definition) is 2. The normalized spacial score (nSPS) is 10.6. The van der Waals surface area contributed by atoms with E-state index in [1.807, 2.05) is 12.1 Å². The van der Waals surface area contributed by atoms with Crippen molar-refractivity contribution in [1.82, 2.24) is 0 Å². The van der Waals surface area contributed by atoms with Gasteiger partial charge in [0.1, 0.15) is 18.0 Å². The summed E-state index contributed by atoms with van der Waals surface area (Å²) in [5, 5.41) is 0. The van der Waals surface area contributed by atoms with E-state index in [2.05, 4.69) is 71.6 Å². The van der Waals surface area contributed by atoms with Crippen LogP contribution in [-0.4, -0.2) is 13.7 Å². The third kappa shape index (κ3) is 6.41. The molecule has 0 amide bonds. The Morgan fingerprint density at radius 2 is 1.21 bits per heavy atom. The van der Waals surface area contributed by atoms with E-state index in [9.17, 15) is 0 Å². The molecule has 3 nitrogen and oxygen atoms in total. The van der Waals surface area contributed by atoms with E-state index in [-0.39, 0.29) is 0 Å². The van der Waals surface area contributed by atoms with Crippen molar-refractivity contribution in [3.63, 3.8) is 0 Å². The lowest BCUT2D eigenvalue weighted by Crippen LogP contribution is -2.32. The minimum Gasteiger partial charge on any atom is -0.497 e. The lowest BCUT2D eigenvalue weighted by atomic mass is 10.1. The van der Waals surface area contributed by atoms with Crippen LogP contribution < -0.4 is 14.0 Å². The SMILES string of the molecule is COc1ccc(-c2ccc(OCCCCCCC[n+]3ccccc3)cc2)cc1. The summed E-state index contributed by atoms with van der Waals surface area (Å²) >= 11 is 0. The predicted octanol–water partition coefficient (Wildman–Crippen LogP) is 5.68. The first-order valence-corrected chi connectivity index (χ1v) is 10.2. The summed E-state index contributed by atoms with van der Waals surface area (Å²) in [7, 11) is 1.69. The van der Waals surface area contributed by atoms with E-state index in [0.717, 1.165) is 31.1 Å². The van der Waals surface area contributed by atoms with Gasteiger partial charge >= 0.3 is 0 Å². The van der Waals surface area contributed by atoms with Gasteiger partial charge < -0.3 is 9.47 Å². The van der Waals surface area contributed by atoms with Crippen molar-refractivity contribution >= 4 is 0 Å². The lowest BCUT2D eigenvalue weighted by Gasteiger charge is -2.08. The maximum Gasteiger partial charge on any atom is 0.168 e. The maximum atomic E-state index is 5.89. The molecule has 2 aromatic carbocycles. The number of aryl methyl sites for hydroxylation is 1. The summed E-state index contributed by atoms with van der Waals surface area (Å²) in [5.41, 5.74) is 2.37. The summed E-state index contributed by atoms with van der Waals surface area (Å²) in [4.78, 5) is 0. The number of unbranched alkanes of at least 4 members (excludes halogenated alkanes) is 4. The van der Waals surface area contributed by atoms with Crippen LogP contribution in [0.5, 0.6) is 11.5 Å². The monoisotopic (exact) mass is 376 g/mol. The smallest absolute Gasteiger partial charge is 0.168 e. The third-order valence-corrected chi connectivity index (χ3v) is 4.88. The molecule has 0 atom stereocenters. The van der Waals surface area contributed by atoms with Gasteiger partial charge in [-0.1, -0.05) is 43.2 Å². The van der Waals surface area contributed by atoms with Gasteiger partial charge in [0, 0.05) is 18.6 Å². The molecule has 0 radical (unpaired) electrons. The van der Waals surface area contributed by atoms with Crippen LogP contribution in [0.1, 0.15) is 32.1 Å². The zero-order valence-corrected chi connectivity index (χ0v) is 16.7. The Morgan fingerprint density at radius 3 is 1.86 bits per heavy atom. The molecule has 0 aliphatic rings. The Hall–Kier alpha value is -2.81. The van der Waals surface area contributed by atoms with Gasteiger partial charge in [-0.15, -0.1) is 0 Å². The Morgan fingerprint density at radius 1 is 0.643 bits per heavy atom. The Labute approximate surface area is 168 Å². The first-order valence-electron chi connectivity index (χ1n) is 10.2. The summed E-state index contributed by atoms with van der Waals surface area (Å²) < 4.78 is 13.3. The molecule has 28 heavy (non-hydrogen) atoms. The van der Waals surface area contributed by atoms with Crippen LogP contribution in [0.2, 0.25) is 0 Å². The number of methoxy groups -OCH3 is 1. The average Bonchev–Trinajstić information content (AvgIpc) is 2.77. The second kappa shape index (κ2) is 11.1. The maximum absolute atomic E-state index is 5.89. The van der Waals surface area contributed by atoms with Gasteiger partial charge in [-0.05, 0) is 48.2 Å². The fraction of sp³-hybridized carbons (Fsp3) is 0.320. The number of ether oxygens (including phenoxy) is 2. The van der Waals surface area contributed by atoms with Crippen molar-refractivity contribution < 1.29 is 14.0 Å². The molecular weight excluding hydrogens is 346 g/mol. The Kier molecular flexibility index (Phi) is 7.92. The van der Waals surface area contributed by atoms with E-state index in [1.54, 1.807) is 7.11 Å². The largest absolute Gasteiger partial charge is 0.497 e. The topological polar surface area (TPSA) is 22.3 Å². The summed E-state index contributed by atoms with van der Waals surface area (Å²) in [6, 6.07) is 22.7. The molecule has 3 aromatic rings. The van der Waals surface area contributed by atoms with Crippen molar-refractivity contribution in [3.05, 3.63) is 79.1 Å². The lowest BCUT2D eigenvalue weighted by molar-refractivity contribution is -0.697. The van der Waals surface area contributed by atoms with Crippen LogP contribution in [0, 0.1) is 0 Å². The molecule has 3 heteroatoms. The van der Waals surface area contributed by atoms with Crippen LogP contribution in [-0.2, 0) is 6.54 Å². The molecule has 0 fully saturated rings. The molecule has 0 saturated carbocycles. The molecule has 0 N–H and O–H groups in total. The highest BCUT2D eigenvalue weighted by Crippen LogP contribution is 2.24. The summed E-state index contributed by atoms with van der Waals surface area (Å²) in [6.07, 6.45) is 10.4. The molecule has 0 unspecified atom stereocenters. The van der Waals surface area contributed by atoms with Crippen molar-refractivity contribution in [2.75, 3.05) is 13.7 Å². The fourth-order valence-electron chi connectivity index (χ4n) is 3.23. The minimum absolute atomic E-state index is 0.787. The van der Waals surface area contributed by atoms with Gasteiger partial charge in [0.2, 0.25) is 0 Å². The standard InChI is InChI=1S/C25H30NO2/c1-27-24-14-10-22(11-15-24)23-12-16-25(17-13-23)28-21-9-4-2-3-6-18-26-19-7-5-8-20-26/h5,7-8,10-17,19-20H,2-4,6,9,18,21H2,1H3/q+1. The molecule has 1 heterocycles. The van der Waals surface area contributed by atoms with Crippen LogP contribution >= 0.6 is 0 Å². The molecule has 146 valence electrons. The van der Waals surface area contributed by atoms with Gasteiger partial charge in [-0.2, -0.15) is 0 Å². The highest BCUT2D eigenvalue weighted by atomic mass is 16.5. The van der Waals surface area contributed by atoms with E-state index in [4.69, 9.17) is 9.47 Å². The van der Waals surface area contributed by atoms with Crippen LogP contribution in [0.4, 0.5) is 0 Å². The van der Waals surface area contributed by atoms with Crippen LogP contribution in [0.25, 0.3) is 11.1 Å². The zero-order valence-electron chi connectivity index (χ0n) is 16.7. The van der Waals surface area contributed by atoms with Crippen LogP contribution in [0.15, 0.2) is 79.1 Å². The molecular formula is C25H30NO2+. The minimum atomic E-state index is 0.787. The van der Waals surface area contributed by atoms with Crippen molar-refractivity contribution in [1.29, 1.82) is 0 Å². The first kappa shape index (κ1) is 19.9. The number of hydrogen-bond donors (Lipinski definition) is 0. The van der Waals surface area contributed by atoms with Gasteiger partial charge in [0.25, 0.3) is 0 Å². The molecule has 0 bridgehead atoms. The first-order chi connectivity index (χ1) is 13.8. The molecule has 1 aromatic heterocycles. The fourth-order valence-corrected chi connectivity index (χ4v) is 3.23.